The molecule has 3 heterocycles. The molecule has 0 atom stereocenters. The largest absolute Gasteiger partial charge is 0.339 e. The first-order chi connectivity index (χ1) is 15.8. The van der Waals surface area contributed by atoms with Crippen LogP contribution in [0.1, 0.15) is 12.3 Å². The molecule has 0 aliphatic heterocycles. The molecular formula is C23H18N6O2S. The van der Waals surface area contributed by atoms with Crippen molar-refractivity contribution < 1.29 is 9.32 Å². The summed E-state index contributed by atoms with van der Waals surface area (Å²) >= 11 is 1.56. The van der Waals surface area contributed by atoms with Crippen molar-refractivity contribution in [2.24, 2.45) is 0 Å². The number of para-hydroxylation sites is 1. The van der Waals surface area contributed by atoms with Crippen LogP contribution in [0.25, 0.3) is 34.2 Å². The monoisotopic (exact) mass is 442 g/mol. The number of anilines is 1. The van der Waals surface area contributed by atoms with Gasteiger partial charge in [-0.25, -0.2) is 4.98 Å². The van der Waals surface area contributed by atoms with Gasteiger partial charge in [-0.2, -0.15) is 21.4 Å². The molecule has 3 aromatic heterocycles. The van der Waals surface area contributed by atoms with Crippen molar-refractivity contribution >= 4 is 22.9 Å². The molecule has 0 fully saturated rings. The third kappa shape index (κ3) is 4.33. The van der Waals surface area contributed by atoms with E-state index in [4.69, 9.17) is 4.52 Å². The smallest absolute Gasteiger partial charge is 0.227 e. The minimum absolute atomic E-state index is 0.157. The second-order valence-corrected chi connectivity index (χ2v) is 7.77. The van der Waals surface area contributed by atoms with Crippen LogP contribution in [0.4, 0.5) is 5.69 Å². The molecule has 158 valence electrons. The zero-order valence-corrected chi connectivity index (χ0v) is 17.7. The second-order valence-electron chi connectivity index (χ2n) is 6.99. The fourth-order valence-corrected chi connectivity index (χ4v) is 3.83. The van der Waals surface area contributed by atoms with Gasteiger partial charge >= 0.3 is 0 Å². The number of benzene rings is 2. The number of thiophene rings is 1. The second kappa shape index (κ2) is 8.94. The lowest BCUT2D eigenvalue weighted by Crippen LogP contribution is -2.13. The van der Waals surface area contributed by atoms with E-state index in [-0.39, 0.29) is 12.3 Å². The van der Waals surface area contributed by atoms with Crippen molar-refractivity contribution in [2.45, 2.75) is 12.8 Å². The van der Waals surface area contributed by atoms with Gasteiger partial charge in [0, 0.05) is 34.9 Å². The van der Waals surface area contributed by atoms with E-state index in [2.05, 4.69) is 30.6 Å². The van der Waals surface area contributed by atoms with Crippen LogP contribution < -0.4 is 5.32 Å². The fraction of sp³-hybridized carbons (Fsp3) is 0.0870. The Bertz CT molecular complexity index is 1330. The summed E-state index contributed by atoms with van der Waals surface area (Å²) in [6, 6.07) is 19.1. The highest BCUT2D eigenvalue weighted by molar-refractivity contribution is 7.08. The van der Waals surface area contributed by atoms with Gasteiger partial charge in [-0.1, -0.05) is 47.6 Å². The number of aryl methyl sites for hydroxylation is 1. The van der Waals surface area contributed by atoms with Crippen molar-refractivity contribution in [1.29, 1.82) is 0 Å². The Morgan fingerprint density at radius 2 is 1.81 bits per heavy atom. The average Bonchev–Trinajstić information content (AvgIpc) is 3.60. The van der Waals surface area contributed by atoms with E-state index in [1.54, 1.807) is 11.3 Å². The number of carbonyl (C=O) groups excluding carboxylic acids is 1. The van der Waals surface area contributed by atoms with Crippen LogP contribution in [-0.4, -0.2) is 31.2 Å². The molecule has 0 radical (unpaired) electrons. The minimum Gasteiger partial charge on any atom is -0.339 e. The number of nitrogens with zero attached hydrogens (tertiary/aromatic N) is 4. The minimum atomic E-state index is -0.157. The Labute approximate surface area is 187 Å². The van der Waals surface area contributed by atoms with Gasteiger partial charge in [-0.3, -0.25) is 9.89 Å². The molecule has 0 aliphatic carbocycles. The third-order valence-corrected chi connectivity index (χ3v) is 5.47. The first kappa shape index (κ1) is 19.8. The molecule has 8 nitrogen and oxygen atoms in total. The van der Waals surface area contributed by atoms with E-state index >= 15 is 0 Å². The number of hydrogen-bond acceptors (Lipinski definition) is 7. The Morgan fingerprint density at radius 3 is 2.66 bits per heavy atom. The Hall–Kier alpha value is -4.11. The molecule has 0 aliphatic rings. The molecule has 0 unspecified atom stereocenters. The molecule has 32 heavy (non-hydrogen) atoms. The van der Waals surface area contributed by atoms with Gasteiger partial charge in [0.2, 0.25) is 17.6 Å². The molecule has 0 saturated carbocycles. The highest BCUT2D eigenvalue weighted by Crippen LogP contribution is 2.27. The zero-order chi connectivity index (χ0) is 21.8. The number of aromatic amines is 1. The molecule has 5 aromatic rings. The maximum absolute atomic E-state index is 12.6. The van der Waals surface area contributed by atoms with Crippen molar-refractivity contribution in [3.05, 3.63) is 77.3 Å². The maximum atomic E-state index is 12.6. The number of rotatable bonds is 7. The lowest BCUT2D eigenvalue weighted by atomic mass is 10.1. The summed E-state index contributed by atoms with van der Waals surface area (Å²) in [6.07, 6.45) is 0.566. The third-order valence-electron chi connectivity index (χ3n) is 4.79. The van der Waals surface area contributed by atoms with Crippen molar-refractivity contribution in [3.63, 3.8) is 0 Å². The van der Waals surface area contributed by atoms with Crippen LogP contribution in [-0.2, 0) is 11.2 Å². The van der Waals surface area contributed by atoms with Crippen LogP contribution >= 0.6 is 11.3 Å². The van der Waals surface area contributed by atoms with Crippen molar-refractivity contribution in [3.8, 4) is 34.2 Å². The Kier molecular flexibility index (Phi) is 5.54. The van der Waals surface area contributed by atoms with Gasteiger partial charge in [0.25, 0.3) is 0 Å². The van der Waals surface area contributed by atoms with Gasteiger partial charge in [-0.15, -0.1) is 0 Å². The maximum Gasteiger partial charge on any atom is 0.227 e. The zero-order valence-electron chi connectivity index (χ0n) is 16.9. The predicted octanol–water partition coefficient (Wildman–Crippen LogP) is 4.82. The van der Waals surface area contributed by atoms with Crippen LogP contribution in [0.2, 0.25) is 0 Å². The van der Waals surface area contributed by atoms with Gasteiger partial charge in [0.1, 0.15) is 0 Å². The summed E-state index contributed by atoms with van der Waals surface area (Å²) in [7, 11) is 0. The van der Waals surface area contributed by atoms with E-state index in [1.807, 2.05) is 71.4 Å². The van der Waals surface area contributed by atoms with Crippen molar-refractivity contribution in [2.75, 3.05) is 5.32 Å². The molecule has 0 bridgehead atoms. The normalized spacial score (nSPS) is 10.9. The molecule has 2 N–H and O–H groups in total. The summed E-state index contributed by atoms with van der Waals surface area (Å²) in [4.78, 5) is 21.5. The standard InChI is InChI=1S/C23H18N6O2S/c30-19(10-11-20-25-22(29-31-20)16-12-13-32-14-16)24-18-9-5-4-8-17(18)23-26-21(27-28-23)15-6-2-1-3-7-15/h1-9,12-14H,10-11H2,(H,24,30)(H,26,27,28). The van der Waals surface area contributed by atoms with E-state index in [0.29, 0.717) is 35.5 Å². The highest BCUT2D eigenvalue weighted by Gasteiger charge is 2.15. The quantitative estimate of drug-likeness (QED) is 0.374. The molecule has 0 saturated heterocycles. The topological polar surface area (TPSA) is 110 Å². The Balaban J connectivity index is 1.26. The van der Waals surface area contributed by atoms with Crippen molar-refractivity contribution in [1.82, 2.24) is 25.3 Å². The van der Waals surface area contributed by atoms with Crippen LogP contribution in [0.15, 0.2) is 75.9 Å². The van der Waals surface area contributed by atoms with E-state index in [1.165, 1.54) is 0 Å². The summed E-state index contributed by atoms with van der Waals surface area (Å²) < 4.78 is 5.27. The number of H-pyrrole nitrogens is 1. The summed E-state index contributed by atoms with van der Waals surface area (Å²) in [5.74, 6) is 1.98. The van der Waals surface area contributed by atoms with Gasteiger partial charge < -0.3 is 9.84 Å². The van der Waals surface area contributed by atoms with Crippen LogP contribution in [0.3, 0.4) is 0 Å². The van der Waals surface area contributed by atoms with E-state index in [9.17, 15) is 4.79 Å². The summed E-state index contributed by atoms with van der Waals surface area (Å²) in [5.41, 5.74) is 3.23. The fourth-order valence-electron chi connectivity index (χ4n) is 3.20. The Morgan fingerprint density at radius 1 is 0.969 bits per heavy atom. The summed E-state index contributed by atoms with van der Waals surface area (Å²) in [5, 5.41) is 18.1. The number of nitrogens with one attached hydrogen (secondary N) is 2. The molecule has 0 spiro atoms. The first-order valence-corrected chi connectivity index (χ1v) is 10.9. The lowest BCUT2D eigenvalue weighted by Gasteiger charge is -2.08. The van der Waals surface area contributed by atoms with Gasteiger partial charge in [-0.05, 0) is 23.6 Å². The molecule has 9 heteroatoms. The van der Waals surface area contributed by atoms with Gasteiger partial charge in [0.15, 0.2) is 11.6 Å². The van der Waals surface area contributed by atoms with Crippen LogP contribution in [0, 0.1) is 0 Å². The highest BCUT2D eigenvalue weighted by atomic mass is 32.1. The summed E-state index contributed by atoms with van der Waals surface area (Å²) in [6.45, 7) is 0. The van der Waals surface area contributed by atoms with E-state index in [0.717, 1.165) is 16.7 Å². The number of aromatic nitrogens is 5. The molecule has 5 rings (SSSR count). The molecule has 2 aromatic carbocycles. The SMILES string of the molecule is O=C(CCc1nc(-c2ccsc2)no1)Nc1ccccc1-c1nc(-c2ccccc2)n[nH]1. The lowest BCUT2D eigenvalue weighted by molar-refractivity contribution is -0.116. The number of hydrogen-bond donors (Lipinski definition) is 2. The predicted molar refractivity (Wildman–Crippen MR) is 122 cm³/mol. The average molecular weight is 443 g/mol. The van der Waals surface area contributed by atoms with E-state index < -0.39 is 0 Å². The number of amides is 1. The molecule has 1 amide bonds. The molecular weight excluding hydrogens is 424 g/mol. The van der Waals surface area contributed by atoms with Crippen LogP contribution in [0.5, 0.6) is 0 Å². The first-order valence-electron chi connectivity index (χ1n) is 9.98. The number of carbonyl (C=O) groups is 1. The van der Waals surface area contributed by atoms with Gasteiger partial charge in [0.05, 0.1) is 5.69 Å².